The second-order valence-electron chi connectivity index (χ2n) is 5.43. The van der Waals surface area contributed by atoms with E-state index in [0.717, 1.165) is 33.1 Å². The molecule has 0 radical (unpaired) electrons. The Kier molecular flexibility index (Phi) is 3.17. The van der Waals surface area contributed by atoms with Crippen LogP contribution in [0.2, 0.25) is 5.02 Å². The molecule has 0 atom stereocenters. The Morgan fingerprint density at radius 2 is 1.83 bits per heavy atom. The number of halogens is 1. The zero-order chi connectivity index (χ0) is 16.0. The number of hydrogen-bond acceptors (Lipinski definition) is 3. The van der Waals surface area contributed by atoms with E-state index in [9.17, 15) is 4.79 Å². The Balaban J connectivity index is 2.06. The fourth-order valence-corrected chi connectivity index (χ4v) is 3.05. The molecule has 2 aromatic heterocycles. The fraction of sp³-hybridized carbons (Fsp3) is 0.0526. The van der Waals surface area contributed by atoms with Gasteiger partial charge in [0.1, 0.15) is 5.58 Å². The van der Waals surface area contributed by atoms with E-state index in [-0.39, 0.29) is 5.63 Å². The molecule has 0 aliphatic heterocycles. The molecule has 2 heterocycles. The first-order valence-corrected chi connectivity index (χ1v) is 7.60. The topological polar surface area (TPSA) is 43.1 Å². The number of benzene rings is 2. The molecule has 3 nitrogen and oxygen atoms in total. The van der Waals surface area contributed by atoms with Crippen molar-refractivity contribution in [1.29, 1.82) is 0 Å². The van der Waals surface area contributed by atoms with Crippen LogP contribution < -0.4 is 5.63 Å². The minimum absolute atomic E-state index is 0.353. The van der Waals surface area contributed by atoms with Gasteiger partial charge >= 0.3 is 5.63 Å². The second kappa shape index (κ2) is 5.21. The Labute approximate surface area is 137 Å². The molecule has 0 spiro atoms. The molecule has 23 heavy (non-hydrogen) atoms. The molecular weight excluding hydrogens is 310 g/mol. The monoisotopic (exact) mass is 321 g/mol. The Morgan fingerprint density at radius 1 is 1.00 bits per heavy atom. The third kappa shape index (κ3) is 2.30. The van der Waals surface area contributed by atoms with E-state index in [4.69, 9.17) is 21.0 Å². The van der Waals surface area contributed by atoms with Crippen LogP contribution in [0.3, 0.4) is 0 Å². The number of pyridine rings is 1. The molecule has 4 aromatic rings. The van der Waals surface area contributed by atoms with Crippen LogP contribution in [0.1, 0.15) is 5.56 Å². The molecule has 0 aliphatic rings. The quantitative estimate of drug-likeness (QED) is 0.367. The largest absolute Gasteiger partial charge is 0.423 e. The van der Waals surface area contributed by atoms with Gasteiger partial charge in [0.05, 0.1) is 11.2 Å². The first-order valence-electron chi connectivity index (χ1n) is 7.22. The number of nitrogens with zero attached hydrogens (tertiary/aromatic N) is 1. The van der Waals surface area contributed by atoms with Gasteiger partial charge in [0.15, 0.2) is 0 Å². The van der Waals surface area contributed by atoms with Crippen molar-refractivity contribution in [2.24, 2.45) is 0 Å². The smallest absolute Gasteiger partial charge is 0.336 e. The van der Waals surface area contributed by atoms with Crippen LogP contribution >= 0.6 is 11.6 Å². The molecular formula is C19H12ClNO2. The van der Waals surface area contributed by atoms with E-state index in [0.29, 0.717) is 10.6 Å². The van der Waals surface area contributed by atoms with Crippen molar-refractivity contribution in [3.8, 4) is 11.3 Å². The number of aromatic nitrogens is 1. The lowest BCUT2D eigenvalue weighted by atomic mass is 10.0. The van der Waals surface area contributed by atoms with Crippen molar-refractivity contribution >= 4 is 33.5 Å². The van der Waals surface area contributed by atoms with Crippen molar-refractivity contribution in [3.05, 3.63) is 75.6 Å². The maximum absolute atomic E-state index is 11.4. The van der Waals surface area contributed by atoms with Crippen LogP contribution in [0.4, 0.5) is 0 Å². The van der Waals surface area contributed by atoms with Gasteiger partial charge in [-0.2, -0.15) is 0 Å². The summed E-state index contributed by atoms with van der Waals surface area (Å²) in [4.78, 5) is 16.1. The minimum atomic E-state index is -0.353. The van der Waals surface area contributed by atoms with Gasteiger partial charge in [0, 0.05) is 27.4 Å². The van der Waals surface area contributed by atoms with Gasteiger partial charge in [-0.3, -0.25) is 0 Å². The molecule has 4 heteroatoms. The van der Waals surface area contributed by atoms with Crippen LogP contribution in [0.5, 0.6) is 0 Å². The number of hydrogen-bond donors (Lipinski definition) is 0. The maximum Gasteiger partial charge on any atom is 0.336 e. The molecule has 4 rings (SSSR count). The maximum atomic E-state index is 11.4. The predicted molar refractivity (Wildman–Crippen MR) is 93.0 cm³/mol. The molecule has 0 saturated heterocycles. The SMILES string of the molecule is Cc1cc2c(ccc3oc(=O)ccc32)nc1-c1ccccc1Cl. The molecule has 0 bridgehead atoms. The number of fused-ring (bicyclic) bond motifs is 3. The van der Waals surface area contributed by atoms with Crippen molar-refractivity contribution in [3.63, 3.8) is 0 Å². The molecule has 0 fully saturated rings. The van der Waals surface area contributed by atoms with Crippen molar-refractivity contribution in [2.45, 2.75) is 6.92 Å². The Hall–Kier alpha value is -2.65. The fourth-order valence-electron chi connectivity index (χ4n) is 2.83. The van der Waals surface area contributed by atoms with Crippen molar-refractivity contribution < 1.29 is 4.42 Å². The zero-order valence-electron chi connectivity index (χ0n) is 12.3. The van der Waals surface area contributed by atoms with Crippen LogP contribution in [0, 0.1) is 6.92 Å². The molecule has 0 saturated carbocycles. The normalized spacial score (nSPS) is 11.2. The highest BCUT2D eigenvalue weighted by molar-refractivity contribution is 6.33. The summed E-state index contributed by atoms with van der Waals surface area (Å²) < 4.78 is 5.24. The van der Waals surface area contributed by atoms with Gasteiger partial charge in [-0.05, 0) is 42.8 Å². The van der Waals surface area contributed by atoms with E-state index in [1.165, 1.54) is 6.07 Å². The van der Waals surface area contributed by atoms with Gasteiger partial charge in [-0.25, -0.2) is 9.78 Å². The molecule has 112 valence electrons. The summed E-state index contributed by atoms with van der Waals surface area (Å²) >= 11 is 6.30. The summed E-state index contributed by atoms with van der Waals surface area (Å²) in [5.41, 5.74) is 3.84. The zero-order valence-corrected chi connectivity index (χ0v) is 13.1. The lowest BCUT2D eigenvalue weighted by Crippen LogP contribution is -1.96. The highest BCUT2D eigenvalue weighted by Gasteiger charge is 2.11. The van der Waals surface area contributed by atoms with Gasteiger partial charge < -0.3 is 4.42 Å². The predicted octanol–water partition coefficient (Wildman–Crippen LogP) is 4.97. The summed E-state index contributed by atoms with van der Waals surface area (Å²) in [6, 6.07) is 16.6. The Morgan fingerprint density at radius 3 is 2.65 bits per heavy atom. The average Bonchev–Trinajstić information content (AvgIpc) is 2.54. The van der Waals surface area contributed by atoms with E-state index in [2.05, 4.69) is 6.07 Å². The van der Waals surface area contributed by atoms with E-state index in [1.807, 2.05) is 37.3 Å². The number of aryl methyl sites for hydroxylation is 1. The van der Waals surface area contributed by atoms with Gasteiger partial charge in [0.2, 0.25) is 0 Å². The van der Waals surface area contributed by atoms with Crippen LogP contribution in [-0.4, -0.2) is 4.98 Å². The minimum Gasteiger partial charge on any atom is -0.423 e. The van der Waals surface area contributed by atoms with Crippen molar-refractivity contribution in [1.82, 2.24) is 4.98 Å². The van der Waals surface area contributed by atoms with E-state index in [1.54, 1.807) is 12.1 Å². The third-order valence-corrected chi connectivity index (χ3v) is 4.25. The average molecular weight is 322 g/mol. The first-order chi connectivity index (χ1) is 11.1. The molecule has 2 aromatic carbocycles. The van der Waals surface area contributed by atoms with E-state index < -0.39 is 0 Å². The molecule has 0 N–H and O–H groups in total. The summed E-state index contributed by atoms with van der Waals surface area (Å²) in [6.07, 6.45) is 0. The summed E-state index contributed by atoms with van der Waals surface area (Å²) in [6.45, 7) is 2.00. The first kappa shape index (κ1) is 14.0. The lowest BCUT2D eigenvalue weighted by molar-refractivity contribution is 0.561. The van der Waals surface area contributed by atoms with Crippen LogP contribution in [-0.2, 0) is 0 Å². The van der Waals surface area contributed by atoms with Crippen LogP contribution in [0.25, 0.3) is 33.1 Å². The standard InChI is InChI=1S/C19H12ClNO2/c1-11-10-14-12-6-9-18(22)23-17(12)8-7-16(14)21-19(11)13-4-2-3-5-15(13)20/h2-10H,1H3. The Bertz CT molecular complexity index is 1120. The van der Waals surface area contributed by atoms with Crippen LogP contribution in [0.15, 0.2) is 63.8 Å². The molecule has 0 unspecified atom stereocenters. The summed E-state index contributed by atoms with van der Waals surface area (Å²) in [5, 5.41) is 2.51. The second-order valence-corrected chi connectivity index (χ2v) is 5.84. The number of rotatable bonds is 1. The molecule has 0 aliphatic carbocycles. The summed E-state index contributed by atoms with van der Waals surface area (Å²) in [5.74, 6) is 0. The van der Waals surface area contributed by atoms with E-state index >= 15 is 0 Å². The van der Waals surface area contributed by atoms with Gasteiger partial charge in [-0.1, -0.05) is 29.8 Å². The summed E-state index contributed by atoms with van der Waals surface area (Å²) in [7, 11) is 0. The van der Waals surface area contributed by atoms with Gasteiger partial charge in [-0.15, -0.1) is 0 Å². The van der Waals surface area contributed by atoms with Gasteiger partial charge in [0.25, 0.3) is 0 Å². The van der Waals surface area contributed by atoms with Crippen molar-refractivity contribution in [2.75, 3.05) is 0 Å². The highest BCUT2D eigenvalue weighted by Crippen LogP contribution is 2.32. The highest BCUT2D eigenvalue weighted by atomic mass is 35.5. The molecule has 0 amide bonds. The third-order valence-electron chi connectivity index (χ3n) is 3.92. The lowest BCUT2D eigenvalue weighted by Gasteiger charge is -2.10.